The predicted octanol–water partition coefficient (Wildman–Crippen LogP) is 4.55. The molecule has 3 nitrogen and oxygen atoms in total. The van der Waals surface area contributed by atoms with E-state index in [1.54, 1.807) is 18.3 Å². The molecule has 0 radical (unpaired) electrons. The van der Waals surface area contributed by atoms with E-state index in [1.807, 2.05) is 24.3 Å². The van der Waals surface area contributed by atoms with Gasteiger partial charge in [-0.15, -0.1) is 0 Å². The van der Waals surface area contributed by atoms with Gasteiger partial charge < -0.3 is 4.74 Å². The molecule has 0 spiro atoms. The molecule has 0 N–H and O–H groups in total. The Kier molecular flexibility index (Phi) is 4.37. The van der Waals surface area contributed by atoms with E-state index < -0.39 is 5.41 Å². The molecule has 2 aromatic rings. The van der Waals surface area contributed by atoms with Crippen LogP contribution in [0.2, 0.25) is 10.2 Å². The molecule has 114 valence electrons. The smallest absolute Gasteiger partial charge is 0.316 e. The zero-order chi connectivity index (χ0) is 15.6. The first kappa shape index (κ1) is 15.3. The van der Waals surface area contributed by atoms with Gasteiger partial charge in [-0.1, -0.05) is 47.8 Å². The van der Waals surface area contributed by atoms with Gasteiger partial charge in [0.1, 0.15) is 11.8 Å². The van der Waals surface area contributed by atoms with Crippen LogP contribution >= 0.6 is 23.2 Å². The molecular weight excluding hydrogens is 321 g/mol. The van der Waals surface area contributed by atoms with Gasteiger partial charge >= 0.3 is 5.97 Å². The first-order chi connectivity index (χ1) is 10.6. The molecule has 0 aliphatic heterocycles. The summed E-state index contributed by atoms with van der Waals surface area (Å²) in [4.78, 5) is 16.6. The average Bonchev–Trinajstić information content (AvgIpc) is 2.47. The van der Waals surface area contributed by atoms with Crippen LogP contribution in [-0.4, -0.2) is 11.0 Å². The van der Waals surface area contributed by atoms with Crippen molar-refractivity contribution in [2.24, 2.45) is 0 Å². The van der Waals surface area contributed by atoms with Crippen LogP contribution in [0, 0.1) is 0 Å². The number of rotatable bonds is 4. The van der Waals surface area contributed by atoms with E-state index >= 15 is 0 Å². The van der Waals surface area contributed by atoms with Crippen LogP contribution in [0.5, 0.6) is 0 Å². The van der Waals surface area contributed by atoms with Crippen molar-refractivity contribution < 1.29 is 9.53 Å². The number of ether oxygens (including phenoxy) is 1. The Balaban J connectivity index is 1.71. The topological polar surface area (TPSA) is 39.2 Å². The normalized spacial score (nSPS) is 15.9. The Labute approximate surface area is 139 Å². The Morgan fingerprint density at radius 3 is 2.41 bits per heavy atom. The molecule has 3 rings (SSSR count). The highest BCUT2D eigenvalue weighted by Gasteiger charge is 2.47. The van der Waals surface area contributed by atoms with Gasteiger partial charge in [0, 0.05) is 16.8 Å². The molecule has 1 aromatic carbocycles. The summed E-state index contributed by atoms with van der Waals surface area (Å²) in [5.74, 6) is -0.184. The number of esters is 1. The summed E-state index contributed by atoms with van der Waals surface area (Å²) in [5, 5.41) is 1.09. The minimum absolute atomic E-state index is 0.184. The number of nitrogens with zero attached hydrogens (tertiary/aromatic N) is 1. The first-order valence-electron chi connectivity index (χ1n) is 7.14. The lowest BCUT2D eigenvalue weighted by molar-refractivity contribution is -0.155. The standard InChI is InChI=1S/C17H15Cl2NO2/c18-14-5-3-13(4-6-14)17(8-1-9-17)16(21)22-11-12-2-7-15(19)20-10-12/h2-7,10H,1,8-9,11H2. The van der Waals surface area contributed by atoms with Crippen molar-refractivity contribution in [3.8, 4) is 0 Å². The van der Waals surface area contributed by atoms with Crippen molar-refractivity contribution in [3.05, 3.63) is 63.9 Å². The third-order valence-electron chi connectivity index (χ3n) is 4.15. The molecule has 0 amide bonds. The SMILES string of the molecule is O=C(OCc1ccc(Cl)nc1)C1(c2ccc(Cl)cc2)CCC1. The maximum atomic E-state index is 12.6. The van der Waals surface area contributed by atoms with Crippen molar-refractivity contribution in [1.82, 2.24) is 4.98 Å². The second-order valence-corrected chi connectivity index (χ2v) is 6.33. The quantitative estimate of drug-likeness (QED) is 0.607. The van der Waals surface area contributed by atoms with Crippen LogP contribution < -0.4 is 0 Å². The van der Waals surface area contributed by atoms with Gasteiger partial charge in [-0.3, -0.25) is 4.79 Å². The molecule has 0 unspecified atom stereocenters. The number of pyridine rings is 1. The van der Waals surface area contributed by atoms with Crippen molar-refractivity contribution in [2.75, 3.05) is 0 Å². The number of carbonyl (C=O) groups is 1. The number of halogens is 2. The highest BCUT2D eigenvalue weighted by atomic mass is 35.5. The number of carbonyl (C=O) groups excluding carboxylic acids is 1. The molecule has 1 fully saturated rings. The van der Waals surface area contributed by atoms with Crippen molar-refractivity contribution in [1.29, 1.82) is 0 Å². The fraction of sp³-hybridized carbons (Fsp3) is 0.294. The van der Waals surface area contributed by atoms with E-state index in [2.05, 4.69) is 4.98 Å². The molecule has 1 heterocycles. The number of hydrogen-bond donors (Lipinski definition) is 0. The largest absolute Gasteiger partial charge is 0.460 e. The molecular formula is C17H15Cl2NO2. The zero-order valence-corrected chi connectivity index (χ0v) is 13.4. The summed E-state index contributed by atoms with van der Waals surface area (Å²) in [6, 6.07) is 10.9. The number of aromatic nitrogens is 1. The summed E-state index contributed by atoms with van der Waals surface area (Å²) in [7, 11) is 0. The second kappa shape index (κ2) is 6.27. The fourth-order valence-electron chi connectivity index (χ4n) is 2.69. The Morgan fingerprint density at radius 1 is 1.14 bits per heavy atom. The van der Waals surface area contributed by atoms with Gasteiger partial charge in [0.2, 0.25) is 0 Å². The molecule has 0 bridgehead atoms. The van der Waals surface area contributed by atoms with Crippen molar-refractivity contribution >= 4 is 29.2 Å². The van der Waals surface area contributed by atoms with Gasteiger partial charge in [-0.25, -0.2) is 4.98 Å². The third kappa shape index (κ3) is 2.96. The molecule has 22 heavy (non-hydrogen) atoms. The first-order valence-corrected chi connectivity index (χ1v) is 7.89. The second-order valence-electron chi connectivity index (χ2n) is 5.51. The number of benzene rings is 1. The molecule has 1 aliphatic rings. The van der Waals surface area contributed by atoms with Crippen LogP contribution in [0.1, 0.15) is 30.4 Å². The Morgan fingerprint density at radius 2 is 1.86 bits per heavy atom. The predicted molar refractivity (Wildman–Crippen MR) is 86.0 cm³/mol. The van der Waals surface area contributed by atoms with Crippen molar-refractivity contribution in [3.63, 3.8) is 0 Å². The van der Waals surface area contributed by atoms with Gasteiger partial charge in [0.05, 0.1) is 5.41 Å². The minimum Gasteiger partial charge on any atom is -0.460 e. The maximum absolute atomic E-state index is 12.6. The highest BCUT2D eigenvalue weighted by Crippen LogP contribution is 2.45. The summed E-state index contributed by atoms with van der Waals surface area (Å²) < 4.78 is 5.50. The van der Waals surface area contributed by atoms with Gasteiger partial charge in [-0.2, -0.15) is 0 Å². The number of hydrogen-bond acceptors (Lipinski definition) is 3. The molecule has 1 aliphatic carbocycles. The highest BCUT2D eigenvalue weighted by molar-refractivity contribution is 6.30. The monoisotopic (exact) mass is 335 g/mol. The fourth-order valence-corrected chi connectivity index (χ4v) is 2.93. The van der Waals surface area contributed by atoms with Crippen LogP contribution in [0.15, 0.2) is 42.6 Å². The van der Waals surface area contributed by atoms with Crippen LogP contribution in [0.3, 0.4) is 0 Å². The molecule has 5 heteroatoms. The molecule has 1 saturated carbocycles. The molecule has 0 saturated heterocycles. The third-order valence-corrected chi connectivity index (χ3v) is 4.63. The molecule has 1 aromatic heterocycles. The molecule has 0 atom stereocenters. The van der Waals surface area contributed by atoms with Crippen LogP contribution in [0.25, 0.3) is 0 Å². The van der Waals surface area contributed by atoms with E-state index in [-0.39, 0.29) is 12.6 Å². The van der Waals surface area contributed by atoms with Gasteiger partial charge in [0.25, 0.3) is 0 Å². The zero-order valence-electron chi connectivity index (χ0n) is 11.9. The maximum Gasteiger partial charge on any atom is 0.316 e. The summed E-state index contributed by atoms with van der Waals surface area (Å²) in [6.07, 6.45) is 4.27. The average molecular weight is 336 g/mol. The summed E-state index contributed by atoms with van der Waals surface area (Å²) in [5.41, 5.74) is 1.27. The summed E-state index contributed by atoms with van der Waals surface area (Å²) >= 11 is 11.7. The van der Waals surface area contributed by atoms with E-state index in [1.165, 1.54) is 0 Å². The van der Waals surface area contributed by atoms with E-state index in [9.17, 15) is 4.79 Å². The van der Waals surface area contributed by atoms with Gasteiger partial charge in [-0.05, 0) is 36.6 Å². The van der Waals surface area contributed by atoms with Gasteiger partial charge in [0.15, 0.2) is 0 Å². The lowest BCUT2D eigenvalue weighted by Gasteiger charge is -2.39. The lowest BCUT2D eigenvalue weighted by Crippen LogP contribution is -2.43. The minimum atomic E-state index is -0.523. The Bertz CT molecular complexity index is 664. The van der Waals surface area contributed by atoms with E-state index in [4.69, 9.17) is 27.9 Å². The Hall–Kier alpha value is -1.58. The van der Waals surface area contributed by atoms with Crippen LogP contribution in [0.4, 0.5) is 0 Å². The lowest BCUT2D eigenvalue weighted by atomic mass is 9.64. The van der Waals surface area contributed by atoms with Crippen molar-refractivity contribution in [2.45, 2.75) is 31.3 Å². The van der Waals surface area contributed by atoms with Crippen LogP contribution in [-0.2, 0) is 21.6 Å². The summed E-state index contributed by atoms with van der Waals surface area (Å²) in [6.45, 7) is 0.207. The van der Waals surface area contributed by atoms with E-state index in [0.29, 0.717) is 10.2 Å². The van der Waals surface area contributed by atoms with E-state index in [0.717, 1.165) is 30.4 Å².